The highest BCUT2D eigenvalue weighted by Crippen LogP contribution is 2.25. The van der Waals surface area contributed by atoms with Crippen molar-refractivity contribution in [1.82, 2.24) is 0 Å². The van der Waals surface area contributed by atoms with Crippen LogP contribution in [0.5, 0.6) is 0 Å². The monoisotopic (exact) mass is 331 g/mol. The Hall–Kier alpha value is -2.54. The molecule has 0 N–H and O–H groups in total. The van der Waals surface area contributed by atoms with Gasteiger partial charge in [0.1, 0.15) is 4.88 Å². The molecule has 118 valence electrons. The molecular formula is C16H13NO5S. The average Bonchev–Trinajstić information content (AvgIpc) is 3.20. The van der Waals surface area contributed by atoms with Crippen LogP contribution in [0, 0.1) is 10.1 Å². The summed E-state index contributed by atoms with van der Waals surface area (Å²) in [6.07, 6.45) is 3.10. The number of Topliss-reactive ketones (excluding diaryl/α,β-unsaturated/α-hetero) is 1. The van der Waals surface area contributed by atoms with Crippen LogP contribution in [0.3, 0.4) is 0 Å². The van der Waals surface area contributed by atoms with Crippen molar-refractivity contribution in [3.8, 4) is 0 Å². The predicted octanol–water partition coefficient (Wildman–Crippen LogP) is 3.18. The SMILES string of the molecule is O=C(COC(=O)c1ccc([N+](=O)[O-])s1)c1ccc2c(c1)CCC2. The van der Waals surface area contributed by atoms with Gasteiger partial charge in [-0.1, -0.05) is 23.5 Å². The fourth-order valence-corrected chi connectivity index (χ4v) is 3.28. The quantitative estimate of drug-likeness (QED) is 0.363. The Morgan fingerprint density at radius 2 is 1.96 bits per heavy atom. The second-order valence-corrected chi connectivity index (χ2v) is 6.29. The Morgan fingerprint density at radius 1 is 1.17 bits per heavy atom. The van der Waals surface area contributed by atoms with Crippen LogP contribution in [-0.4, -0.2) is 23.3 Å². The molecule has 3 rings (SSSR count). The molecule has 0 spiro atoms. The number of fused-ring (bicyclic) bond motifs is 1. The first-order chi connectivity index (χ1) is 11.0. The molecule has 6 nitrogen and oxygen atoms in total. The summed E-state index contributed by atoms with van der Waals surface area (Å²) >= 11 is 0.728. The largest absolute Gasteiger partial charge is 0.453 e. The summed E-state index contributed by atoms with van der Waals surface area (Å²) in [5, 5.41) is 10.5. The first kappa shape index (κ1) is 15.4. The zero-order chi connectivity index (χ0) is 16.4. The van der Waals surface area contributed by atoms with Gasteiger partial charge in [-0.25, -0.2) is 4.79 Å². The van der Waals surface area contributed by atoms with Crippen molar-refractivity contribution in [1.29, 1.82) is 0 Å². The van der Waals surface area contributed by atoms with E-state index in [2.05, 4.69) is 0 Å². The van der Waals surface area contributed by atoms with Gasteiger partial charge in [-0.05, 0) is 42.5 Å². The molecule has 0 bridgehead atoms. The third kappa shape index (κ3) is 3.29. The number of esters is 1. The minimum absolute atomic E-state index is 0.110. The van der Waals surface area contributed by atoms with Gasteiger partial charge in [-0.2, -0.15) is 0 Å². The zero-order valence-electron chi connectivity index (χ0n) is 12.1. The van der Waals surface area contributed by atoms with E-state index in [-0.39, 0.29) is 22.3 Å². The lowest BCUT2D eigenvalue weighted by molar-refractivity contribution is -0.380. The van der Waals surface area contributed by atoms with Gasteiger partial charge >= 0.3 is 11.0 Å². The van der Waals surface area contributed by atoms with Crippen molar-refractivity contribution in [2.45, 2.75) is 19.3 Å². The van der Waals surface area contributed by atoms with E-state index in [1.807, 2.05) is 12.1 Å². The van der Waals surface area contributed by atoms with Crippen LogP contribution >= 0.6 is 11.3 Å². The highest BCUT2D eigenvalue weighted by atomic mass is 32.1. The number of benzene rings is 1. The predicted molar refractivity (Wildman–Crippen MR) is 84.1 cm³/mol. The Labute approximate surface area is 135 Å². The van der Waals surface area contributed by atoms with Gasteiger partial charge in [-0.15, -0.1) is 0 Å². The molecule has 0 fully saturated rings. The van der Waals surface area contributed by atoms with Crippen molar-refractivity contribution in [3.05, 3.63) is 62.0 Å². The van der Waals surface area contributed by atoms with Crippen molar-refractivity contribution in [2.75, 3.05) is 6.61 Å². The summed E-state index contributed by atoms with van der Waals surface area (Å²) in [6.45, 7) is -0.372. The maximum atomic E-state index is 12.1. The van der Waals surface area contributed by atoms with Crippen molar-refractivity contribution in [2.24, 2.45) is 0 Å². The normalized spacial score (nSPS) is 12.7. The molecule has 0 radical (unpaired) electrons. The highest BCUT2D eigenvalue weighted by molar-refractivity contribution is 7.17. The Kier molecular flexibility index (Phi) is 4.20. The molecule has 0 aliphatic heterocycles. The van der Waals surface area contributed by atoms with Gasteiger partial charge in [0.25, 0.3) is 0 Å². The fraction of sp³-hybridized carbons (Fsp3) is 0.250. The fourth-order valence-electron chi connectivity index (χ4n) is 2.57. The lowest BCUT2D eigenvalue weighted by Gasteiger charge is -2.05. The summed E-state index contributed by atoms with van der Waals surface area (Å²) in [7, 11) is 0. The van der Waals surface area contributed by atoms with E-state index < -0.39 is 10.9 Å². The first-order valence-electron chi connectivity index (χ1n) is 7.11. The van der Waals surface area contributed by atoms with Gasteiger partial charge in [0.05, 0.1) is 4.92 Å². The van der Waals surface area contributed by atoms with Crippen molar-refractivity contribution < 1.29 is 19.2 Å². The number of hydrogen-bond donors (Lipinski definition) is 0. The van der Waals surface area contributed by atoms with Crippen LogP contribution in [0.15, 0.2) is 30.3 Å². The molecule has 1 heterocycles. The zero-order valence-corrected chi connectivity index (χ0v) is 12.9. The van der Waals surface area contributed by atoms with E-state index in [0.29, 0.717) is 5.56 Å². The maximum Gasteiger partial charge on any atom is 0.349 e. The lowest BCUT2D eigenvalue weighted by atomic mass is 10.0. The number of carbonyl (C=O) groups excluding carboxylic acids is 2. The number of ketones is 1. The van der Waals surface area contributed by atoms with Crippen LogP contribution < -0.4 is 0 Å². The van der Waals surface area contributed by atoms with Gasteiger partial charge in [-0.3, -0.25) is 14.9 Å². The molecule has 7 heteroatoms. The molecule has 0 amide bonds. The molecule has 0 saturated heterocycles. The Bertz CT molecular complexity index is 796. The van der Waals surface area contributed by atoms with E-state index in [1.165, 1.54) is 23.3 Å². The van der Waals surface area contributed by atoms with Gasteiger partial charge in [0, 0.05) is 11.6 Å². The van der Waals surface area contributed by atoms with Gasteiger partial charge < -0.3 is 4.74 Å². The molecule has 2 aromatic rings. The van der Waals surface area contributed by atoms with Crippen molar-refractivity contribution >= 4 is 28.1 Å². The van der Waals surface area contributed by atoms with Gasteiger partial charge in [0.15, 0.2) is 12.4 Å². The van der Waals surface area contributed by atoms with Crippen LogP contribution in [0.4, 0.5) is 5.00 Å². The average molecular weight is 331 g/mol. The standard InChI is InChI=1S/C16H13NO5S/c18-13(12-5-4-10-2-1-3-11(10)8-12)9-22-16(19)14-6-7-15(23-14)17(20)21/h4-8H,1-3,9H2. The van der Waals surface area contributed by atoms with E-state index in [0.717, 1.165) is 30.6 Å². The number of ether oxygens (including phenoxy) is 1. The molecule has 1 aliphatic carbocycles. The minimum Gasteiger partial charge on any atom is -0.453 e. The summed E-state index contributed by atoms with van der Waals surface area (Å²) in [6, 6.07) is 8.11. The Balaban J connectivity index is 1.62. The van der Waals surface area contributed by atoms with Crippen LogP contribution in [-0.2, 0) is 17.6 Å². The topological polar surface area (TPSA) is 86.5 Å². The second kappa shape index (κ2) is 6.29. The van der Waals surface area contributed by atoms with Crippen molar-refractivity contribution in [3.63, 3.8) is 0 Å². The van der Waals surface area contributed by atoms with Crippen LogP contribution in [0.2, 0.25) is 0 Å². The number of nitro groups is 1. The van der Waals surface area contributed by atoms with E-state index >= 15 is 0 Å². The van der Waals surface area contributed by atoms with Crippen LogP contribution in [0.1, 0.15) is 37.6 Å². The van der Waals surface area contributed by atoms with Crippen LogP contribution in [0.25, 0.3) is 0 Å². The molecule has 1 aliphatic rings. The molecule has 0 atom stereocenters. The van der Waals surface area contributed by atoms with E-state index in [4.69, 9.17) is 4.74 Å². The number of nitrogens with zero attached hydrogens (tertiary/aromatic N) is 1. The maximum absolute atomic E-state index is 12.1. The molecule has 0 unspecified atom stereocenters. The number of rotatable bonds is 5. The van der Waals surface area contributed by atoms with E-state index in [9.17, 15) is 19.7 Å². The summed E-state index contributed by atoms with van der Waals surface area (Å²) in [4.78, 5) is 34.1. The summed E-state index contributed by atoms with van der Waals surface area (Å²) < 4.78 is 4.96. The third-order valence-electron chi connectivity index (χ3n) is 3.73. The third-order valence-corrected chi connectivity index (χ3v) is 4.74. The first-order valence-corrected chi connectivity index (χ1v) is 7.92. The molecular weight excluding hydrogens is 318 g/mol. The lowest BCUT2D eigenvalue weighted by Crippen LogP contribution is -2.13. The minimum atomic E-state index is -0.724. The van der Waals surface area contributed by atoms with Gasteiger partial charge in [0.2, 0.25) is 0 Å². The Morgan fingerprint density at radius 3 is 2.70 bits per heavy atom. The highest BCUT2D eigenvalue weighted by Gasteiger charge is 2.19. The summed E-state index contributed by atoms with van der Waals surface area (Å²) in [5.74, 6) is -1.00. The smallest absolute Gasteiger partial charge is 0.349 e. The molecule has 1 aromatic heterocycles. The second-order valence-electron chi connectivity index (χ2n) is 5.23. The number of aryl methyl sites for hydroxylation is 2. The summed E-state index contributed by atoms with van der Waals surface area (Å²) in [5.41, 5.74) is 2.97. The number of thiophene rings is 1. The number of hydrogen-bond acceptors (Lipinski definition) is 6. The number of carbonyl (C=O) groups is 2. The molecule has 0 saturated carbocycles. The van der Waals surface area contributed by atoms with E-state index in [1.54, 1.807) is 6.07 Å². The molecule has 23 heavy (non-hydrogen) atoms. The molecule has 1 aromatic carbocycles.